The Morgan fingerprint density at radius 2 is 2.17 bits per heavy atom. The summed E-state index contributed by atoms with van der Waals surface area (Å²) in [7, 11) is 0. The average molecular weight is 172 g/mol. The van der Waals surface area contributed by atoms with Crippen molar-refractivity contribution in [3.05, 3.63) is 0 Å². The van der Waals surface area contributed by atoms with E-state index in [4.69, 9.17) is 5.11 Å². The van der Waals surface area contributed by atoms with Crippen molar-refractivity contribution < 1.29 is 10.2 Å². The molecule has 3 atom stereocenters. The lowest BCUT2D eigenvalue weighted by atomic mass is 10.1. The zero-order valence-corrected chi connectivity index (χ0v) is 7.87. The summed E-state index contributed by atoms with van der Waals surface area (Å²) in [6, 6.07) is 0. The van der Waals surface area contributed by atoms with Gasteiger partial charge in [-0.1, -0.05) is 32.6 Å². The molecule has 2 heteroatoms. The van der Waals surface area contributed by atoms with Crippen molar-refractivity contribution in [3.8, 4) is 0 Å². The molecule has 0 aromatic rings. The van der Waals surface area contributed by atoms with Crippen LogP contribution >= 0.6 is 0 Å². The second kappa shape index (κ2) is 4.83. The first-order chi connectivity index (χ1) is 5.79. The van der Waals surface area contributed by atoms with Crippen molar-refractivity contribution in [1.29, 1.82) is 0 Å². The van der Waals surface area contributed by atoms with Gasteiger partial charge in [0.25, 0.3) is 0 Å². The SMILES string of the molecule is CCCCC[C@H]1C[C@@H]1[C@@H](O)CO. The van der Waals surface area contributed by atoms with Crippen LogP contribution in [-0.2, 0) is 0 Å². The molecule has 0 amide bonds. The lowest BCUT2D eigenvalue weighted by Gasteiger charge is -2.05. The molecule has 0 saturated heterocycles. The van der Waals surface area contributed by atoms with E-state index in [0.29, 0.717) is 11.8 Å². The Labute approximate surface area is 74.6 Å². The van der Waals surface area contributed by atoms with Gasteiger partial charge in [0.05, 0.1) is 12.7 Å². The van der Waals surface area contributed by atoms with Crippen LogP contribution in [0.3, 0.4) is 0 Å². The highest BCUT2D eigenvalue weighted by Gasteiger charge is 2.40. The summed E-state index contributed by atoms with van der Waals surface area (Å²) in [5.41, 5.74) is 0. The van der Waals surface area contributed by atoms with E-state index in [1.807, 2.05) is 0 Å². The van der Waals surface area contributed by atoms with Gasteiger partial charge < -0.3 is 10.2 Å². The summed E-state index contributed by atoms with van der Waals surface area (Å²) >= 11 is 0. The van der Waals surface area contributed by atoms with Crippen molar-refractivity contribution in [2.24, 2.45) is 11.8 Å². The van der Waals surface area contributed by atoms with Gasteiger partial charge >= 0.3 is 0 Å². The number of rotatable bonds is 6. The number of unbranched alkanes of at least 4 members (excludes halogenated alkanes) is 2. The average Bonchev–Trinajstić information content (AvgIpc) is 2.83. The van der Waals surface area contributed by atoms with E-state index < -0.39 is 6.10 Å². The minimum atomic E-state index is -0.448. The van der Waals surface area contributed by atoms with Crippen molar-refractivity contribution >= 4 is 0 Å². The third kappa shape index (κ3) is 2.76. The van der Waals surface area contributed by atoms with Gasteiger partial charge in [0.2, 0.25) is 0 Å². The first-order valence-corrected chi connectivity index (χ1v) is 5.08. The summed E-state index contributed by atoms with van der Waals surface area (Å²) in [5, 5.41) is 18.0. The molecule has 72 valence electrons. The Bertz CT molecular complexity index is 125. The van der Waals surface area contributed by atoms with E-state index in [1.54, 1.807) is 0 Å². The normalized spacial score (nSPS) is 30.2. The van der Waals surface area contributed by atoms with Gasteiger partial charge in [0.15, 0.2) is 0 Å². The second-order valence-electron chi connectivity index (χ2n) is 3.91. The predicted octanol–water partition coefficient (Wildman–Crippen LogP) is 1.56. The number of aliphatic hydroxyl groups is 2. The fourth-order valence-corrected chi connectivity index (χ4v) is 1.87. The molecule has 0 bridgehead atoms. The molecule has 1 aliphatic rings. The first-order valence-electron chi connectivity index (χ1n) is 5.08. The molecule has 0 spiro atoms. The summed E-state index contributed by atoms with van der Waals surface area (Å²) in [4.78, 5) is 0. The molecule has 1 rings (SSSR count). The Balaban J connectivity index is 2.00. The zero-order chi connectivity index (χ0) is 8.97. The van der Waals surface area contributed by atoms with Crippen LogP contribution in [0.5, 0.6) is 0 Å². The molecule has 2 N–H and O–H groups in total. The number of hydrogen-bond donors (Lipinski definition) is 2. The van der Waals surface area contributed by atoms with E-state index in [0.717, 1.165) is 6.42 Å². The Kier molecular flexibility index (Phi) is 4.02. The van der Waals surface area contributed by atoms with Crippen LogP contribution in [0, 0.1) is 11.8 Å². The van der Waals surface area contributed by atoms with Crippen molar-refractivity contribution in [2.75, 3.05) is 6.61 Å². The second-order valence-corrected chi connectivity index (χ2v) is 3.91. The van der Waals surface area contributed by atoms with Gasteiger partial charge in [-0.25, -0.2) is 0 Å². The minimum absolute atomic E-state index is 0.0606. The maximum atomic E-state index is 9.27. The maximum absolute atomic E-state index is 9.27. The minimum Gasteiger partial charge on any atom is -0.394 e. The van der Waals surface area contributed by atoms with E-state index in [9.17, 15) is 5.11 Å². The molecule has 2 nitrogen and oxygen atoms in total. The molecule has 0 aromatic carbocycles. The van der Waals surface area contributed by atoms with Crippen LogP contribution in [0.1, 0.15) is 39.0 Å². The topological polar surface area (TPSA) is 40.5 Å². The molecule has 0 aliphatic heterocycles. The molecular weight excluding hydrogens is 152 g/mol. The molecule has 1 aliphatic carbocycles. The smallest absolute Gasteiger partial charge is 0.0801 e. The highest BCUT2D eigenvalue weighted by Crippen LogP contribution is 2.44. The molecule has 0 heterocycles. The van der Waals surface area contributed by atoms with Crippen molar-refractivity contribution in [1.82, 2.24) is 0 Å². The fraction of sp³-hybridized carbons (Fsp3) is 1.00. The van der Waals surface area contributed by atoms with Gasteiger partial charge in [0, 0.05) is 0 Å². The summed E-state index contributed by atoms with van der Waals surface area (Å²) < 4.78 is 0. The van der Waals surface area contributed by atoms with Crippen molar-refractivity contribution in [2.45, 2.75) is 45.1 Å². The molecule has 1 fully saturated rings. The van der Waals surface area contributed by atoms with Gasteiger partial charge in [-0.3, -0.25) is 0 Å². The Morgan fingerprint density at radius 3 is 2.75 bits per heavy atom. The van der Waals surface area contributed by atoms with Crippen LogP contribution in [0.2, 0.25) is 0 Å². The lowest BCUT2D eigenvalue weighted by Crippen LogP contribution is -2.15. The largest absolute Gasteiger partial charge is 0.394 e. The van der Waals surface area contributed by atoms with Gasteiger partial charge in [-0.2, -0.15) is 0 Å². The van der Waals surface area contributed by atoms with E-state index in [1.165, 1.54) is 25.7 Å². The lowest BCUT2D eigenvalue weighted by molar-refractivity contribution is 0.0731. The first kappa shape index (κ1) is 10.0. The van der Waals surface area contributed by atoms with Crippen LogP contribution in [-0.4, -0.2) is 22.9 Å². The third-order valence-corrected chi connectivity index (χ3v) is 2.84. The van der Waals surface area contributed by atoms with Crippen LogP contribution in [0.4, 0.5) is 0 Å². The monoisotopic (exact) mass is 172 g/mol. The van der Waals surface area contributed by atoms with Crippen LogP contribution in [0.25, 0.3) is 0 Å². The van der Waals surface area contributed by atoms with Gasteiger partial charge in [-0.05, 0) is 18.3 Å². The van der Waals surface area contributed by atoms with Crippen molar-refractivity contribution in [3.63, 3.8) is 0 Å². The van der Waals surface area contributed by atoms with E-state index >= 15 is 0 Å². The quantitative estimate of drug-likeness (QED) is 0.597. The molecule has 0 unspecified atom stereocenters. The number of hydrogen-bond acceptors (Lipinski definition) is 2. The predicted molar refractivity (Wildman–Crippen MR) is 48.8 cm³/mol. The maximum Gasteiger partial charge on any atom is 0.0801 e. The molecule has 0 radical (unpaired) electrons. The Morgan fingerprint density at radius 1 is 1.42 bits per heavy atom. The van der Waals surface area contributed by atoms with Crippen LogP contribution in [0.15, 0.2) is 0 Å². The molecular formula is C10H20O2. The standard InChI is InChI=1S/C10H20O2/c1-2-3-4-5-8-6-9(8)10(12)7-11/h8-12H,2-7H2,1H3/t8-,9-,10-/m0/s1. The van der Waals surface area contributed by atoms with Gasteiger partial charge in [0.1, 0.15) is 0 Å². The summed E-state index contributed by atoms with van der Waals surface area (Å²) in [6.07, 6.45) is 5.78. The van der Waals surface area contributed by atoms with Crippen LogP contribution < -0.4 is 0 Å². The van der Waals surface area contributed by atoms with E-state index in [2.05, 4.69) is 6.92 Å². The fourth-order valence-electron chi connectivity index (χ4n) is 1.87. The summed E-state index contributed by atoms with van der Waals surface area (Å²) in [5.74, 6) is 1.12. The third-order valence-electron chi connectivity index (χ3n) is 2.84. The zero-order valence-electron chi connectivity index (χ0n) is 7.87. The highest BCUT2D eigenvalue weighted by molar-refractivity contribution is 4.90. The Hall–Kier alpha value is -0.0800. The number of aliphatic hydroxyl groups excluding tert-OH is 2. The molecule has 0 aromatic heterocycles. The molecule has 12 heavy (non-hydrogen) atoms. The van der Waals surface area contributed by atoms with E-state index in [-0.39, 0.29) is 6.61 Å². The van der Waals surface area contributed by atoms with Gasteiger partial charge in [-0.15, -0.1) is 0 Å². The highest BCUT2D eigenvalue weighted by atomic mass is 16.3. The molecule has 1 saturated carbocycles. The summed E-state index contributed by atoms with van der Waals surface area (Å²) in [6.45, 7) is 2.14.